The molecule has 1 aliphatic heterocycles. The number of benzene rings is 2. The lowest BCUT2D eigenvalue weighted by molar-refractivity contribution is -0.149. The van der Waals surface area contributed by atoms with Crippen LogP contribution in [-0.2, 0) is 37.0 Å². The zero-order valence-electron chi connectivity index (χ0n) is 16.7. The molecule has 2 aromatic carbocycles. The highest BCUT2D eigenvalue weighted by Crippen LogP contribution is 2.21. The average Bonchev–Trinajstić information content (AvgIpc) is 2.81. The number of nitrogens with zero attached hydrogens (tertiary/aromatic N) is 1. The monoisotopic (exact) mass is 409 g/mol. The molecule has 2 aromatic rings. The van der Waals surface area contributed by atoms with Crippen molar-refractivity contribution < 1.29 is 28.6 Å². The molecule has 0 saturated carbocycles. The fraction of sp³-hybridized carbons (Fsp3) is 0.261. The van der Waals surface area contributed by atoms with Crippen molar-refractivity contribution in [1.29, 1.82) is 0 Å². The molecule has 1 amide bonds. The van der Waals surface area contributed by atoms with Crippen LogP contribution in [0.2, 0.25) is 0 Å². The minimum atomic E-state index is -1.07. The molecule has 0 aliphatic carbocycles. The van der Waals surface area contributed by atoms with Crippen LogP contribution in [0, 0.1) is 0 Å². The zero-order valence-corrected chi connectivity index (χ0v) is 16.7. The fourth-order valence-corrected chi connectivity index (χ4v) is 3.06. The predicted molar refractivity (Wildman–Crippen MR) is 108 cm³/mol. The molecule has 0 spiro atoms. The van der Waals surface area contributed by atoms with Crippen LogP contribution in [0.1, 0.15) is 17.5 Å². The van der Waals surface area contributed by atoms with Crippen molar-refractivity contribution in [2.45, 2.75) is 25.7 Å². The molecule has 0 saturated heterocycles. The summed E-state index contributed by atoms with van der Waals surface area (Å²) in [5, 5.41) is 0. The lowest BCUT2D eigenvalue weighted by atomic mass is 10.0. The first-order chi connectivity index (χ1) is 14.6. The highest BCUT2D eigenvalue weighted by atomic mass is 16.6. The van der Waals surface area contributed by atoms with Gasteiger partial charge in [-0.15, -0.1) is 0 Å². The van der Waals surface area contributed by atoms with E-state index < -0.39 is 24.1 Å². The van der Waals surface area contributed by atoms with Crippen molar-refractivity contribution in [1.82, 2.24) is 4.90 Å². The Morgan fingerprint density at radius 1 is 0.900 bits per heavy atom. The molecule has 30 heavy (non-hydrogen) atoms. The van der Waals surface area contributed by atoms with Gasteiger partial charge in [-0.3, -0.25) is 4.90 Å². The van der Waals surface area contributed by atoms with Gasteiger partial charge in [0.2, 0.25) is 0 Å². The van der Waals surface area contributed by atoms with Gasteiger partial charge in [0, 0.05) is 12.1 Å². The van der Waals surface area contributed by atoms with Crippen molar-refractivity contribution in [3.8, 4) is 0 Å². The van der Waals surface area contributed by atoms with Gasteiger partial charge in [0.25, 0.3) is 0 Å². The molecule has 1 heterocycles. The van der Waals surface area contributed by atoms with Crippen LogP contribution in [0.3, 0.4) is 0 Å². The van der Waals surface area contributed by atoms with Gasteiger partial charge in [0.15, 0.2) is 6.04 Å². The largest absolute Gasteiger partial charge is 0.466 e. The summed E-state index contributed by atoms with van der Waals surface area (Å²) >= 11 is 0. The Labute approximate surface area is 174 Å². The summed E-state index contributed by atoms with van der Waals surface area (Å²) in [4.78, 5) is 38.6. The molecule has 1 atom stereocenters. The third kappa shape index (κ3) is 5.47. The Hall–Kier alpha value is -3.61. The number of hydrogen-bond donors (Lipinski definition) is 0. The maximum absolute atomic E-state index is 12.7. The SMILES string of the molecule is COC(=O)C1=CC(C(=O)OCc2ccccc2)N(C(=O)OCc2ccccc2)CC1. The lowest BCUT2D eigenvalue weighted by Gasteiger charge is -2.31. The number of ether oxygens (including phenoxy) is 3. The normalized spacial score (nSPS) is 15.7. The molecule has 1 unspecified atom stereocenters. The minimum Gasteiger partial charge on any atom is -0.466 e. The molecular weight excluding hydrogens is 386 g/mol. The molecule has 0 aromatic heterocycles. The molecule has 7 nitrogen and oxygen atoms in total. The van der Waals surface area contributed by atoms with Crippen LogP contribution in [0.4, 0.5) is 4.79 Å². The number of rotatable bonds is 6. The number of amides is 1. The van der Waals surface area contributed by atoms with E-state index in [-0.39, 0.29) is 26.2 Å². The van der Waals surface area contributed by atoms with Gasteiger partial charge in [-0.1, -0.05) is 60.7 Å². The third-order valence-corrected chi connectivity index (χ3v) is 4.67. The van der Waals surface area contributed by atoms with E-state index in [0.29, 0.717) is 5.57 Å². The standard InChI is InChI=1S/C23H23NO6/c1-28-21(25)19-12-13-24(23(27)30-16-18-10-6-3-7-11-18)20(14-19)22(26)29-15-17-8-4-2-5-9-17/h2-11,14,20H,12-13,15-16H2,1H3. The van der Waals surface area contributed by atoms with Crippen LogP contribution in [0.15, 0.2) is 72.3 Å². The van der Waals surface area contributed by atoms with Gasteiger partial charge >= 0.3 is 18.0 Å². The van der Waals surface area contributed by atoms with Gasteiger partial charge in [0.1, 0.15) is 13.2 Å². The van der Waals surface area contributed by atoms with Gasteiger partial charge in [-0.05, 0) is 23.6 Å². The Morgan fingerprint density at radius 2 is 1.47 bits per heavy atom. The van der Waals surface area contributed by atoms with Crippen molar-refractivity contribution in [2.75, 3.05) is 13.7 Å². The summed E-state index contributed by atoms with van der Waals surface area (Å²) in [7, 11) is 1.27. The second-order valence-corrected chi connectivity index (χ2v) is 6.71. The Balaban J connectivity index is 1.71. The molecule has 7 heteroatoms. The Bertz CT molecular complexity index is 910. The molecule has 1 aliphatic rings. The number of esters is 2. The van der Waals surface area contributed by atoms with Crippen molar-refractivity contribution in [3.63, 3.8) is 0 Å². The van der Waals surface area contributed by atoms with Gasteiger partial charge in [-0.25, -0.2) is 14.4 Å². The van der Waals surface area contributed by atoms with Crippen LogP contribution < -0.4 is 0 Å². The van der Waals surface area contributed by atoms with E-state index in [9.17, 15) is 14.4 Å². The second-order valence-electron chi connectivity index (χ2n) is 6.71. The number of carbonyl (C=O) groups is 3. The molecule has 0 fully saturated rings. The summed E-state index contributed by atoms with van der Waals surface area (Å²) in [5.41, 5.74) is 1.97. The van der Waals surface area contributed by atoms with Crippen LogP contribution in [-0.4, -0.2) is 42.6 Å². The van der Waals surface area contributed by atoms with Gasteiger partial charge in [-0.2, -0.15) is 0 Å². The Kier molecular flexibility index (Phi) is 7.21. The maximum Gasteiger partial charge on any atom is 0.411 e. The van der Waals surface area contributed by atoms with Crippen molar-refractivity contribution >= 4 is 18.0 Å². The van der Waals surface area contributed by atoms with E-state index in [1.807, 2.05) is 60.7 Å². The van der Waals surface area contributed by atoms with E-state index in [2.05, 4.69) is 0 Å². The minimum absolute atomic E-state index is 0.0600. The van der Waals surface area contributed by atoms with E-state index in [1.54, 1.807) is 0 Å². The van der Waals surface area contributed by atoms with E-state index in [4.69, 9.17) is 14.2 Å². The molecule has 0 bridgehead atoms. The van der Waals surface area contributed by atoms with Crippen molar-refractivity contribution in [3.05, 3.63) is 83.4 Å². The summed E-state index contributed by atoms with van der Waals surface area (Å²) in [6.07, 6.45) is 1.02. The molecule has 156 valence electrons. The van der Waals surface area contributed by atoms with E-state index in [0.717, 1.165) is 11.1 Å². The van der Waals surface area contributed by atoms with E-state index >= 15 is 0 Å². The first-order valence-corrected chi connectivity index (χ1v) is 9.55. The maximum atomic E-state index is 12.7. The van der Waals surface area contributed by atoms with Gasteiger partial charge < -0.3 is 14.2 Å². The first kappa shape index (κ1) is 21.1. The molecule has 3 rings (SSSR count). The van der Waals surface area contributed by atoms with Crippen LogP contribution in [0.25, 0.3) is 0 Å². The highest BCUT2D eigenvalue weighted by Gasteiger charge is 2.35. The lowest BCUT2D eigenvalue weighted by Crippen LogP contribution is -2.48. The summed E-state index contributed by atoms with van der Waals surface area (Å²) < 4.78 is 15.5. The first-order valence-electron chi connectivity index (χ1n) is 9.55. The van der Waals surface area contributed by atoms with Gasteiger partial charge in [0.05, 0.1) is 7.11 Å². The summed E-state index contributed by atoms with van der Waals surface area (Å²) in [6.45, 7) is 0.277. The summed E-state index contributed by atoms with van der Waals surface area (Å²) in [6, 6.07) is 17.4. The molecular formula is C23H23NO6. The fourth-order valence-electron chi connectivity index (χ4n) is 3.06. The van der Waals surface area contributed by atoms with E-state index in [1.165, 1.54) is 18.1 Å². The number of methoxy groups -OCH3 is 1. The zero-order chi connectivity index (χ0) is 21.3. The van der Waals surface area contributed by atoms with Crippen molar-refractivity contribution in [2.24, 2.45) is 0 Å². The number of hydrogen-bond acceptors (Lipinski definition) is 6. The highest BCUT2D eigenvalue weighted by molar-refractivity contribution is 5.92. The number of carbonyl (C=O) groups excluding carboxylic acids is 3. The van der Waals surface area contributed by atoms with Crippen LogP contribution >= 0.6 is 0 Å². The molecule has 0 radical (unpaired) electrons. The summed E-state index contributed by atoms with van der Waals surface area (Å²) in [5.74, 6) is -1.18. The third-order valence-electron chi connectivity index (χ3n) is 4.67. The Morgan fingerprint density at radius 3 is 2.03 bits per heavy atom. The quantitative estimate of drug-likeness (QED) is 0.538. The smallest absolute Gasteiger partial charge is 0.411 e. The topological polar surface area (TPSA) is 82.1 Å². The predicted octanol–water partition coefficient (Wildman–Crippen LogP) is 3.24. The molecule has 0 N–H and O–H groups in total. The average molecular weight is 409 g/mol. The van der Waals surface area contributed by atoms with Crippen LogP contribution in [0.5, 0.6) is 0 Å². The second kappa shape index (κ2) is 10.2.